The summed E-state index contributed by atoms with van der Waals surface area (Å²) in [7, 11) is 1.30. The highest BCUT2D eigenvalue weighted by atomic mass is 79.9. The Bertz CT molecular complexity index is 1130. The molecular weight excluding hydrogens is 460 g/mol. The average Bonchev–Trinajstić information content (AvgIpc) is 2.73. The Hall–Kier alpha value is -3.24. The Morgan fingerprint density at radius 1 is 1.19 bits per heavy atom. The number of allylic oxidation sites excluding steroid dienone is 2. The Labute approximate surface area is 190 Å². The molecule has 0 fully saturated rings. The maximum Gasteiger partial charge on any atom is 0.338 e. The van der Waals surface area contributed by atoms with Crippen LogP contribution in [-0.4, -0.2) is 13.1 Å². The van der Waals surface area contributed by atoms with Crippen molar-refractivity contribution in [1.82, 2.24) is 0 Å². The monoisotopic (exact) mass is 482 g/mol. The summed E-state index contributed by atoms with van der Waals surface area (Å²) in [6.45, 7) is 5.91. The van der Waals surface area contributed by atoms with E-state index in [-0.39, 0.29) is 17.0 Å². The quantitative estimate of drug-likeness (QED) is 0.608. The third kappa shape index (κ3) is 4.59. The lowest BCUT2D eigenvalue weighted by Gasteiger charge is -2.28. The van der Waals surface area contributed by atoms with Gasteiger partial charge in [0.25, 0.3) is 0 Å². The number of hydrogen-bond acceptors (Lipinski definition) is 6. The number of hydrogen-bond donors (Lipinski definition) is 1. The number of methoxy groups -OCH3 is 1. The molecular formula is C24H23BrN2O4. The number of carbonyl (C=O) groups is 1. The summed E-state index contributed by atoms with van der Waals surface area (Å²) in [6, 6.07) is 13.7. The van der Waals surface area contributed by atoms with E-state index in [1.54, 1.807) is 6.92 Å². The predicted molar refractivity (Wildman–Crippen MR) is 120 cm³/mol. The number of benzene rings is 2. The van der Waals surface area contributed by atoms with Crippen LogP contribution in [-0.2, 0) is 20.9 Å². The van der Waals surface area contributed by atoms with Gasteiger partial charge in [-0.15, -0.1) is 0 Å². The van der Waals surface area contributed by atoms with Crippen molar-refractivity contribution in [3.05, 3.63) is 85.9 Å². The summed E-state index contributed by atoms with van der Waals surface area (Å²) < 4.78 is 17.4. The van der Waals surface area contributed by atoms with Crippen LogP contribution in [0.15, 0.2) is 63.7 Å². The van der Waals surface area contributed by atoms with Crippen LogP contribution < -0.4 is 10.5 Å². The molecule has 0 bridgehead atoms. The van der Waals surface area contributed by atoms with Gasteiger partial charge in [-0.3, -0.25) is 0 Å². The van der Waals surface area contributed by atoms with E-state index in [2.05, 4.69) is 22.0 Å². The molecule has 2 N–H and O–H groups in total. The second-order valence-corrected chi connectivity index (χ2v) is 8.18. The SMILES string of the molecule is COC(=O)C1=C(C)OC(N)=C(C#N)[C@H]1c1cc(COc2ccc(Br)cc2)c(C)cc1C. The van der Waals surface area contributed by atoms with Crippen LogP contribution in [0.1, 0.15) is 35.1 Å². The summed E-state index contributed by atoms with van der Waals surface area (Å²) in [6.07, 6.45) is 0. The molecule has 2 aromatic rings. The summed E-state index contributed by atoms with van der Waals surface area (Å²) in [5.41, 5.74) is 10.1. The van der Waals surface area contributed by atoms with E-state index in [0.717, 1.165) is 32.5 Å². The minimum atomic E-state index is -0.682. The molecule has 160 valence electrons. The molecule has 2 aromatic carbocycles. The zero-order chi connectivity index (χ0) is 22.7. The number of nitrogens with two attached hydrogens (primary N) is 1. The van der Waals surface area contributed by atoms with Gasteiger partial charge in [-0.25, -0.2) is 4.79 Å². The molecule has 1 aliphatic heterocycles. The maximum atomic E-state index is 12.6. The Morgan fingerprint density at radius 2 is 1.87 bits per heavy atom. The third-order valence-corrected chi connectivity index (χ3v) is 5.78. The van der Waals surface area contributed by atoms with Crippen LogP contribution in [0, 0.1) is 25.2 Å². The van der Waals surface area contributed by atoms with Crippen LogP contribution in [0.4, 0.5) is 0 Å². The average molecular weight is 483 g/mol. The summed E-state index contributed by atoms with van der Waals surface area (Å²) >= 11 is 3.41. The first-order chi connectivity index (χ1) is 14.8. The smallest absolute Gasteiger partial charge is 0.338 e. The van der Waals surface area contributed by atoms with Crippen LogP contribution in [0.25, 0.3) is 0 Å². The van der Waals surface area contributed by atoms with Crippen molar-refractivity contribution in [2.45, 2.75) is 33.3 Å². The van der Waals surface area contributed by atoms with Gasteiger partial charge >= 0.3 is 5.97 Å². The van der Waals surface area contributed by atoms with Crippen LogP contribution >= 0.6 is 15.9 Å². The third-order valence-electron chi connectivity index (χ3n) is 5.25. The second-order valence-electron chi connectivity index (χ2n) is 7.26. The Kier molecular flexibility index (Phi) is 6.71. The largest absolute Gasteiger partial charge is 0.489 e. The number of ether oxygens (including phenoxy) is 3. The Balaban J connectivity index is 2.06. The topological polar surface area (TPSA) is 94.6 Å². The highest BCUT2D eigenvalue weighted by molar-refractivity contribution is 9.10. The highest BCUT2D eigenvalue weighted by Crippen LogP contribution is 2.41. The number of esters is 1. The molecule has 1 heterocycles. The van der Waals surface area contributed by atoms with Gasteiger partial charge in [-0.1, -0.05) is 28.1 Å². The number of carbonyl (C=O) groups excluding carboxylic acids is 1. The molecule has 0 amide bonds. The molecule has 0 unspecified atom stereocenters. The van der Waals surface area contributed by atoms with Crippen LogP contribution in [0.5, 0.6) is 5.75 Å². The molecule has 1 atom stereocenters. The fourth-order valence-corrected chi connectivity index (χ4v) is 3.91. The summed E-state index contributed by atoms with van der Waals surface area (Å²) in [4.78, 5) is 12.6. The molecule has 1 aliphatic rings. The van der Waals surface area contributed by atoms with Gasteiger partial charge < -0.3 is 19.9 Å². The number of halogens is 1. The maximum absolute atomic E-state index is 12.6. The van der Waals surface area contributed by atoms with Crippen molar-refractivity contribution in [1.29, 1.82) is 5.26 Å². The van der Waals surface area contributed by atoms with Crippen LogP contribution in [0.2, 0.25) is 0 Å². The molecule has 0 saturated heterocycles. The first kappa shape index (κ1) is 22.4. The first-order valence-corrected chi connectivity index (χ1v) is 10.4. The van der Waals surface area contributed by atoms with Crippen molar-refractivity contribution in [3.63, 3.8) is 0 Å². The highest BCUT2D eigenvalue weighted by Gasteiger charge is 2.37. The normalized spacial score (nSPS) is 15.9. The number of aryl methyl sites for hydroxylation is 2. The van der Waals surface area contributed by atoms with Crippen LogP contribution in [0.3, 0.4) is 0 Å². The van der Waals surface area contributed by atoms with E-state index in [4.69, 9.17) is 19.9 Å². The van der Waals surface area contributed by atoms with Gasteiger partial charge in [0.15, 0.2) is 0 Å². The lowest BCUT2D eigenvalue weighted by molar-refractivity contribution is -0.136. The molecule has 7 heteroatoms. The van der Waals surface area contributed by atoms with E-state index in [1.165, 1.54) is 7.11 Å². The number of nitriles is 1. The zero-order valence-electron chi connectivity index (χ0n) is 17.8. The summed E-state index contributed by atoms with van der Waals surface area (Å²) in [5.74, 6) is -0.191. The van der Waals surface area contributed by atoms with Crippen molar-refractivity contribution in [3.8, 4) is 11.8 Å². The van der Waals surface area contributed by atoms with E-state index in [0.29, 0.717) is 12.4 Å². The van der Waals surface area contributed by atoms with E-state index < -0.39 is 11.9 Å². The molecule has 31 heavy (non-hydrogen) atoms. The minimum absolute atomic E-state index is 0.00899. The van der Waals surface area contributed by atoms with Gasteiger partial charge in [-0.2, -0.15) is 5.26 Å². The predicted octanol–water partition coefficient (Wildman–Crippen LogP) is 4.90. The fraction of sp³-hybridized carbons (Fsp3) is 0.250. The minimum Gasteiger partial charge on any atom is -0.489 e. The number of rotatable bonds is 5. The lowest BCUT2D eigenvalue weighted by Crippen LogP contribution is -2.25. The number of nitrogens with zero attached hydrogens (tertiary/aromatic N) is 1. The van der Waals surface area contributed by atoms with Gasteiger partial charge in [0.1, 0.15) is 29.8 Å². The van der Waals surface area contributed by atoms with E-state index in [9.17, 15) is 10.1 Å². The van der Waals surface area contributed by atoms with Crippen molar-refractivity contribution in [2.24, 2.45) is 5.73 Å². The van der Waals surface area contributed by atoms with Gasteiger partial charge in [0.2, 0.25) is 5.88 Å². The molecule has 6 nitrogen and oxygen atoms in total. The molecule has 0 spiro atoms. The molecule has 0 saturated carbocycles. The molecule has 0 aromatic heterocycles. The van der Waals surface area contributed by atoms with Crippen molar-refractivity contribution in [2.75, 3.05) is 7.11 Å². The summed E-state index contributed by atoms with van der Waals surface area (Å²) in [5, 5.41) is 9.77. The molecule has 3 rings (SSSR count). The van der Waals surface area contributed by atoms with Crippen molar-refractivity contribution < 1.29 is 19.0 Å². The molecule has 0 radical (unpaired) electrons. The zero-order valence-corrected chi connectivity index (χ0v) is 19.4. The lowest BCUT2D eigenvalue weighted by atomic mass is 9.80. The standard InChI is InChI=1S/C24H23BrN2O4/c1-13-9-14(2)19(10-16(13)12-30-18-7-5-17(25)6-8-18)22-20(11-26)23(27)31-15(3)21(22)24(28)29-4/h5-10,22H,12,27H2,1-4H3/t22-/m1/s1. The van der Waals surface area contributed by atoms with Crippen molar-refractivity contribution >= 4 is 21.9 Å². The first-order valence-electron chi connectivity index (χ1n) is 9.61. The Morgan fingerprint density at radius 3 is 2.48 bits per heavy atom. The second kappa shape index (κ2) is 9.27. The van der Waals surface area contributed by atoms with E-state index in [1.807, 2.05) is 50.2 Å². The van der Waals surface area contributed by atoms with Gasteiger partial charge in [0, 0.05) is 4.47 Å². The fourth-order valence-electron chi connectivity index (χ4n) is 3.64. The van der Waals surface area contributed by atoms with Gasteiger partial charge in [0.05, 0.1) is 18.6 Å². The van der Waals surface area contributed by atoms with E-state index >= 15 is 0 Å². The molecule has 0 aliphatic carbocycles. The van der Waals surface area contributed by atoms with Gasteiger partial charge in [-0.05, 0) is 67.3 Å².